The molecule has 1 aromatic rings. The van der Waals surface area contributed by atoms with E-state index in [-0.39, 0.29) is 49.9 Å². The minimum atomic E-state index is -1.29. The van der Waals surface area contributed by atoms with E-state index in [2.05, 4.69) is 12.2 Å². The lowest BCUT2D eigenvalue weighted by molar-refractivity contribution is -0.159. The first-order valence-electron chi connectivity index (χ1n) is 15.6. The molecule has 4 heterocycles. The van der Waals surface area contributed by atoms with Crippen molar-refractivity contribution < 1.29 is 33.8 Å². The van der Waals surface area contributed by atoms with Gasteiger partial charge in [0.05, 0.1) is 18.6 Å². The van der Waals surface area contributed by atoms with Gasteiger partial charge in [-0.2, -0.15) is 0 Å². The van der Waals surface area contributed by atoms with E-state index >= 15 is 0 Å². The molecule has 0 saturated carbocycles. The van der Waals surface area contributed by atoms with Crippen molar-refractivity contribution in [2.75, 3.05) is 26.2 Å². The van der Waals surface area contributed by atoms with Gasteiger partial charge in [-0.3, -0.25) is 19.2 Å². The van der Waals surface area contributed by atoms with Crippen molar-refractivity contribution in [2.24, 2.45) is 11.8 Å². The van der Waals surface area contributed by atoms with Gasteiger partial charge in [0.15, 0.2) is 0 Å². The highest BCUT2D eigenvalue weighted by Crippen LogP contribution is 2.56. The van der Waals surface area contributed by atoms with Crippen LogP contribution in [0, 0.1) is 11.8 Å². The molecule has 1 unspecified atom stereocenters. The molecular weight excluding hydrogens is 550 g/mol. The molecule has 1 spiro atoms. The van der Waals surface area contributed by atoms with Crippen LogP contribution < -0.4 is 5.32 Å². The number of allylic oxidation sites excluding steroid dienone is 1. The summed E-state index contributed by atoms with van der Waals surface area (Å²) in [5, 5.41) is 12.3. The Morgan fingerprint density at radius 2 is 1.88 bits per heavy atom. The zero-order valence-corrected chi connectivity index (χ0v) is 25.0. The van der Waals surface area contributed by atoms with Gasteiger partial charge in [-0.15, -0.1) is 0 Å². The Morgan fingerprint density at radius 3 is 2.63 bits per heavy atom. The maximum Gasteiger partial charge on any atom is 0.313 e. The zero-order chi connectivity index (χ0) is 30.6. The number of carbonyl (C=O) groups excluding carboxylic acids is 4. The summed E-state index contributed by atoms with van der Waals surface area (Å²) in [4.78, 5) is 58.7. The summed E-state index contributed by atoms with van der Waals surface area (Å²) in [7, 11) is 0. The van der Waals surface area contributed by atoms with Crippen LogP contribution >= 0.6 is 0 Å². The molecule has 4 aliphatic rings. The van der Waals surface area contributed by atoms with E-state index in [0.717, 1.165) is 18.4 Å². The SMILES string of the molecule is CCCC(C)N1C/C=C\CCC(=O)NC[C@@H](c2ccccc2)OC(=O)[C@@H]2[C@@H]3C=C[C@]4(O3)[C@H](C1=O)N(CCCCO)C(=O)[C@@H]24. The van der Waals surface area contributed by atoms with Gasteiger partial charge in [0.25, 0.3) is 0 Å². The van der Waals surface area contributed by atoms with Gasteiger partial charge in [0, 0.05) is 32.2 Å². The molecule has 0 radical (unpaired) electrons. The number of fused-ring (bicyclic) bond motifs is 2. The lowest BCUT2D eigenvalue weighted by Gasteiger charge is -2.38. The molecule has 2 fully saturated rings. The summed E-state index contributed by atoms with van der Waals surface area (Å²) in [5.74, 6) is -3.16. The first-order chi connectivity index (χ1) is 20.8. The number of hydrogen-bond acceptors (Lipinski definition) is 7. The first kappa shape index (κ1) is 30.9. The second-order valence-electron chi connectivity index (χ2n) is 11.9. The second-order valence-corrected chi connectivity index (χ2v) is 11.9. The third-order valence-corrected chi connectivity index (χ3v) is 9.13. The Bertz CT molecular complexity index is 1250. The normalized spacial score (nSPS) is 32.5. The molecule has 232 valence electrons. The molecule has 0 aromatic heterocycles. The van der Waals surface area contributed by atoms with E-state index in [9.17, 15) is 24.3 Å². The molecule has 5 bridgehead atoms. The number of amides is 3. The smallest absolute Gasteiger partial charge is 0.313 e. The van der Waals surface area contributed by atoms with E-state index in [1.807, 2.05) is 49.4 Å². The average molecular weight is 594 g/mol. The third kappa shape index (κ3) is 5.99. The monoisotopic (exact) mass is 593 g/mol. The number of hydrogen-bond donors (Lipinski definition) is 2. The van der Waals surface area contributed by atoms with Gasteiger partial charge in [-0.05, 0) is 38.2 Å². The van der Waals surface area contributed by atoms with Gasteiger partial charge < -0.3 is 29.7 Å². The predicted octanol–water partition coefficient (Wildman–Crippen LogP) is 2.68. The fourth-order valence-electron chi connectivity index (χ4n) is 7.00. The molecule has 10 nitrogen and oxygen atoms in total. The Labute approximate surface area is 253 Å². The Balaban J connectivity index is 1.55. The summed E-state index contributed by atoms with van der Waals surface area (Å²) in [6.07, 6.45) is 9.32. The van der Waals surface area contributed by atoms with Crippen molar-refractivity contribution >= 4 is 23.7 Å². The third-order valence-electron chi connectivity index (χ3n) is 9.13. The second kappa shape index (κ2) is 13.4. The molecule has 10 heteroatoms. The van der Waals surface area contributed by atoms with Crippen LogP contribution in [0.2, 0.25) is 0 Å². The van der Waals surface area contributed by atoms with Crippen LogP contribution in [0.3, 0.4) is 0 Å². The summed E-state index contributed by atoms with van der Waals surface area (Å²) in [5.41, 5.74) is -0.569. The Hall–Kier alpha value is -3.50. The number of esters is 1. The van der Waals surface area contributed by atoms with E-state index in [0.29, 0.717) is 25.8 Å². The highest BCUT2D eigenvalue weighted by atomic mass is 16.6. The minimum Gasteiger partial charge on any atom is -0.455 e. The molecule has 43 heavy (non-hydrogen) atoms. The van der Waals surface area contributed by atoms with Crippen LogP contribution in [-0.2, 0) is 28.7 Å². The topological polar surface area (TPSA) is 125 Å². The van der Waals surface area contributed by atoms with Crippen molar-refractivity contribution in [1.29, 1.82) is 0 Å². The zero-order valence-electron chi connectivity index (χ0n) is 25.0. The number of carbonyl (C=O) groups is 4. The minimum absolute atomic E-state index is 0.0233. The molecular formula is C33H43N3O7. The predicted molar refractivity (Wildman–Crippen MR) is 158 cm³/mol. The highest BCUT2D eigenvalue weighted by Gasteiger charge is 2.73. The van der Waals surface area contributed by atoms with Crippen molar-refractivity contribution in [2.45, 2.75) is 82.3 Å². The van der Waals surface area contributed by atoms with Gasteiger partial charge in [0.1, 0.15) is 23.7 Å². The number of nitrogens with one attached hydrogen (secondary N) is 1. The number of cyclic esters (lactones) is 1. The lowest BCUT2D eigenvalue weighted by atomic mass is 9.74. The maximum atomic E-state index is 14.6. The molecule has 4 aliphatic heterocycles. The Morgan fingerprint density at radius 1 is 1.09 bits per heavy atom. The summed E-state index contributed by atoms with van der Waals surface area (Å²) in [6.45, 7) is 4.72. The molecule has 2 saturated heterocycles. The number of benzene rings is 1. The van der Waals surface area contributed by atoms with Crippen LogP contribution in [-0.4, -0.2) is 88.6 Å². The van der Waals surface area contributed by atoms with E-state index < -0.39 is 41.7 Å². The van der Waals surface area contributed by atoms with Crippen LogP contribution in [0.5, 0.6) is 0 Å². The molecule has 3 amide bonds. The van der Waals surface area contributed by atoms with Crippen LogP contribution in [0.25, 0.3) is 0 Å². The van der Waals surface area contributed by atoms with E-state index in [4.69, 9.17) is 9.47 Å². The van der Waals surface area contributed by atoms with Gasteiger partial charge >= 0.3 is 5.97 Å². The Kier molecular flexibility index (Phi) is 9.66. The lowest BCUT2D eigenvalue weighted by Crippen LogP contribution is -2.57. The van der Waals surface area contributed by atoms with Gasteiger partial charge in [-0.25, -0.2) is 0 Å². The van der Waals surface area contributed by atoms with Crippen LogP contribution in [0.4, 0.5) is 0 Å². The molecule has 1 aromatic carbocycles. The highest BCUT2D eigenvalue weighted by molar-refractivity contribution is 5.99. The number of rotatable bonds is 8. The van der Waals surface area contributed by atoms with Crippen molar-refractivity contribution in [3.05, 3.63) is 60.2 Å². The largest absolute Gasteiger partial charge is 0.455 e. The van der Waals surface area contributed by atoms with Crippen molar-refractivity contribution in [1.82, 2.24) is 15.1 Å². The summed E-state index contributed by atoms with van der Waals surface area (Å²) >= 11 is 0. The fraction of sp³-hybridized carbons (Fsp3) is 0.576. The standard InChI is InChI=1S/C33H43N3O7/c1-3-12-22(2)35-18-9-5-8-15-26(38)34-21-25(23-13-6-4-7-14-23)42-32(41)27-24-16-17-33(43-24)28(27)30(39)36(19-10-11-20-37)29(33)31(35)40/h4-7,9,13-14,16-17,22,24-25,27-29,37H,3,8,10-12,15,18-21H2,1-2H3,(H,34,38)/b9-5-/t22?,24-,25-,27+,28+,29-,33+/m0/s1. The van der Waals surface area contributed by atoms with Crippen LogP contribution in [0.1, 0.15) is 64.0 Å². The first-order valence-corrected chi connectivity index (χ1v) is 15.6. The summed E-state index contributed by atoms with van der Waals surface area (Å²) < 4.78 is 12.6. The van der Waals surface area contributed by atoms with E-state index in [1.165, 1.54) is 0 Å². The molecule has 2 N–H and O–H groups in total. The average Bonchev–Trinajstić information content (AvgIpc) is 3.64. The maximum absolute atomic E-state index is 14.6. The van der Waals surface area contributed by atoms with E-state index in [1.54, 1.807) is 22.0 Å². The number of likely N-dealkylation sites (tertiary alicyclic amines) is 1. The number of nitrogens with zero attached hydrogens (tertiary/aromatic N) is 2. The number of ether oxygens (including phenoxy) is 2. The quantitative estimate of drug-likeness (QED) is 0.270. The summed E-state index contributed by atoms with van der Waals surface area (Å²) in [6, 6.07) is 8.15. The van der Waals surface area contributed by atoms with Crippen molar-refractivity contribution in [3.8, 4) is 0 Å². The molecule has 7 atom stereocenters. The molecule has 5 rings (SSSR count). The van der Waals surface area contributed by atoms with Crippen molar-refractivity contribution in [3.63, 3.8) is 0 Å². The fourth-order valence-corrected chi connectivity index (χ4v) is 7.00. The van der Waals surface area contributed by atoms with Gasteiger partial charge in [-0.1, -0.05) is 68.0 Å². The number of aliphatic hydroxyl groups excluding tert-OH is 1. The van der Waals surface area contributed by atoms with Gasteiger partial charge in [0.2, 0.25) is 17.7 Å². The number of unbranched alkanes of at least 4 members (excludes halogenated alkanes) is 1. The number of aliphatic hydroxyl groups is 1. The van der Waals surface area contributed by atoms with Crippen LogP contribution in [0.15, 0.2) is 54.6 Å². The molecule has 0 aliphatic carbocycles.